The fourth-order valence-corrected chi connectivity index (χ4v) is 2.00. The lowest BCUT2D eigenvalue weighted by Gasteiger charge is -2.20. The Labute approximate surface area is 108 Å². The number of benzene rings is 1. The maximum atomic E-state index is 11.9. The fourth-order valence-electron chi connectivity index (χ4n) is 1.78. The number of hydrogen-bond acceptors (Lipinski definition) is 3. The number of carbonyl (C=O) groups is 2. The molecule has 2 rings (SSSR count). The Morgan fingerprint density at radius 1 is 1.47 bits per heavy atom. The molecule has 1 unspecified atom stereocenters. The monoisotopic (exact) mass is 297 g/mol. The van der Waals surface area contributed by atoms with E-state index in [-0.39, 0.29) is 18.6 Å². The van der Waals surface area contributed by atoms with Gasteiger partial charge in [0.25, 0.3) is 0 Å². The van der Waals surface area contributed by atoms with E-state index in [0.717, 1.165) is 5.56 Å². The minimum Gasteiger partial charge on any atom is -0.446 e. The number of carbonyl (C=O) groups excluding carboxylic acids is 2. The molecule has 0 spiro atoms. The number of nitrogens with zero attached hydrogens (tertiary/aromatic N) is 1. The molecule has 4 nitrogen and oxygen atoms in total. The van der Waals surface area contributed by atoms with Gasteiger partial charge in [-0.15, -0.1) is 0 Å². The topological polar surface area (TPSA) is 46.6 Å². The number of amides is 2. The van der Waals surface area contributed by atoms with Crippen molar-refractivity contribution < 1.29 is 14.3 Å². The fraction of sp³-hybridized carbons (Fsp3) is 0.333. The van der Waals surface area contributed by atoms with Crippen LogP contribution in [0.25, 0.3) is 0 Å². The minimum atomic E-state index is -0.574. The second-order valence-corrected chi connectivity index (χ2v) is 5.20. The lowest BCUT2D eigenvalue weighted by Crippen LogP contribution is -2.38. The van der Waals surface area contributed by atoms with Crippen molar-refractivity contribution in [2.45, 2.75) is 17.8 Å². The van der Waals surface area contributed by atoms with Gasteiger partial charge in [0, 0.05) is 0 Å². The first kappa shape index (κ1) is 12.1. The van der Waals surface area contributed by atoms with Gasteiger partial charge in [-0.3, -0.25) is 4.79 Å². The molecule has 1 fully saturated rings. The molecule has 0 radical (unpaired) electrons. The molecule has 1 aliphatic rings. The van der Waals surface area contributed by atoms with Crippen LogP contribution in [0.1, 0.15) is 18.5 Å². The van der Waals surface area contributed by atoms with Crippen molar-refractivity contribution in [3.8, 4) is 0 Å². The molecule has 1 saturated heterocycles. The third-order valence-corrected chi connectivity index (χ3v) is 3.03. The molecule has 17 heavy (non-hydrogen) atoms. The number of rotatable bonds is 2. The van der Waals surface area contributed by atoms with E-state index >= 15 is 0 Å². The molecule has 0 saturated carbocycles. The molecule has 1 aliphatic heterocycles. The van der Waals surface area contributed by atoms with E-state index in [1.165, 1.54) is 4.90 Å². The number of ether oxygens (including phenoxy) is 1. The maximum absolute atomic E-state index is 11.9. The van der Waals surface area contributed by atoms with Gasteiger partial charge in [-0.05, 0) is 12.5 Å². The highest BCUT2D eigenvalue weighted by molar-refractivity contribution is 9.10. The normalized spacial score (nSPS) is 21.2. The number of cyclic esters (lactones) is 1. The summed E-state index contributed by atoms with van der Waals surface area (Å²) < 4.78 is 4.95. The molecular weight excluding hydrogens is 286 g/mol. The highest BCUT2D eigenvalue weighted by Gasteiger charge is 2.39. The van der Waals surface area contributed by atoms with Gasteiger partial charge in [0.15, 0.2) is 0 Å². The average molecular weight is 298 g/mol. The number of alkyl halides is 1. The van der Waals surface area contributed by atoms with E-state index in [4.69, 9.17) is 4.74 Å². The summed E-state index contributed by atoms with van der Waals surface area (Å²) in [5, 5.41) is 0. The number of imide groups is 1. The Bertz CT molecular complexity index is 433. The van der Waals surface area contributed by atoms with Gasteiger partial charge in [-0.25, -0.2) is 9.69 Å². The molecule has 0 aromatic heterocycles. The van der Waals surface area contributed by atoms with Crippen LogP contribution >= 0.6 is 15.9 Å². The summed E-state index contributed by atoms with van der Waals surface area (Å²) in [6.07, 6.45) is -0.574. The average Bonchev–Trinajstić information content (AvgIpc) is 2.71. The largest absolute Gasteiger partial charge is 0.446 e. The number of halogens is 1. The third kappa shape index (κ3) is 2.34. The Kier molecular flexibility index (Phi) is 3.47. The molecule has 0 aliphatic carbocycles. The summed E-state index contributed by atoms with van der Waals surface area (Å²) in [5.41, 5.74) is 0.903. The highest BCUT2D eigenvalue weighted by Crippen LogP contribution is 2.28. The van der Waals surface area contributed by atoms with E-state index in [9.17, 15) is 9.59 Å². The first-order valence-corrected chi connectivity index (χ1v) is 6.21. The van der Waals surface area contributed by atoms with Gasteiger partial charge < -0.3 is 4.74 Å². The zero-order valence-electron chi connectivity index (χ0n) is 9.30. The Balaban J connectivity index is 2.29. The van der Waals surface area contributed by atoms with E-state index in [1.807, 2.05) is 30.3 Å². The predicted molar refractivity (Wildman–Crippen MR) is 65.8 cm³/mol. The van der Waals surface area contributed by atoms with Crippen LogP contribution in [0.2, 0.25) is 0 Å². The summed E-state index contributed by atoms with van der Waals surface area (Å²) in [7, 11) is 0. The van der Waals surface area contributed by atoms with Gasteiger partial charge >= 0.3 is 6.09 Å². The van der Waals surface area contributed by atoms with Crippen LogP contribution in [0.15, 0.2) is 30.3 Å². The van der Waals surface area contributed by atoms with Gasteiger partial charge in [-0.1, -0.05) is 46.3 Å². The second-order valence-electron chi connectivity index (χ2n) is 3.83. The summed E-state index contributed by atoms with van der Waals surface area (Å²) in [4.78, 5) is 24.3. The van der Waals surface area contributed by atoms with E-state index in [0.29, 0.717) is 0 Å². The summed E-state index contributed by atoms with van der Waals surface area (Å²) >= 11 is 3.18. The van der Waals surface area contributed by atoms with Crippen LogP contribution in [-0.4, -0.2) is 28.3 Å². The van der Waals surface area contributed by atoms with Crippen molar-refractivity contribution in [2.24, 2.45) is 0 Å². The van der Waals surface area contributed by atoms with Crippen LogP contribution in [0.5, 0.6) is 0 Å². The first-order chi connectivity index (χ1) is 8.11. The molecule has 2 amide bonds. The summed E-state index contributed by atoms with van der Waals surface area (Å²) in [6.45, 7) is 1.91. The van der Waals surface area contributed by atoms with Gasteiger partial charge in [0.2, 0.25) is 5.91 Å². The standard InChI is InChI=1S/C12H12BrNO3/c1-8(13)11(15)14-10(7-17-12(14)16)9-5-3-2-4-6-9/h2-6,8,10H,7H2,1H3/t8?,10-/m0/s1. The quantitative estimate of drug-likeness (QED) is 0.788. The van der Waals surface area contributed by atoms with Crippen LogP contribution < -0.4 is 0 Å². The van der Waals surface area contributed by atoms with E-state index in [2.05, 4.69) is 15.9 Å². The first-order valence-electron chi connectivity index (χ1n) is 5.30. The molecule has 5 heteroatoms. The van der Waals surface area contributed by atoms with Gasteiger partial charge in [0.05, 0.1) is 4.83 Å². The molecule has 1 heterocycles. The van der Waals surface area contributed by atoms with E-state index in [1.54, 1.807) is 6.92 Å². The summed E-state index contributed by atoms with van der Waals surface area (Å²) in [5.74, 6) is -0.277. The van der Waals surface area contributed by atoms with Crippen molar-refractivity contribution in [3.05, 3.63) is 35.9 Å². The SMILES string of the molecule is CC(Br)C(=O)N1C(=O)OC[C@H]1c1ccccc1. The lowest BCUT2D eigenvalue weighted by molar-refractivity contribution is -0.128. The molecule has 2 atom stereocenters. The van der Waals surface area contributed by atoms with Crippen LogP contribution in [-0.2, 0) is 9.53 Å². The smallest absolute Gasteiger partial charge is 0.417 e. The molecule has 90 valence electrons. The van der Waals surface area contributed by atoms with Gasteiger partial charge in [0.1, 0.15) is 12.6 Å². The zero-order chi connectivity index (χ0) is 12.4. The van der Waals surface area contributed by atoms with Crippen LogP contribution in [0.3, 0.4) is 0 Å². The minimum absolute atomic E-state index is 0.217. The Morgan fingerprint density at radius 3 is 2.71 bits per heavy atom. The Morgan fingerprint density at radius 2 is 2.12 bits per heavy atom. The van der Waals surface area contributed by atoms with Crippen molar-refractivity contribution in [2.75, 3.05) is 6.61 Å². The van der Waals surface area contributed by atoms with Crippen molar-refractivity contribution in [1.82, 2.24) is 4.90 Å². The van der Waals surface area contributed by atoms with Crippen molar-refractivity contribution in [1.29, 1.82) is 0 Å². The molecule has 1 aromatic carbocycles. The zero-order valence-corrected chi connectivity index (χ0v) is 10.9. The third-order valence-electron chi connectivity index (χ3n) is 2.64. The predicted octanol–water partition coefficient (Wildman–Crippen LogP) is 2.49. The van der Waals surface area contributed by atoms with Crippen molar-refractivity contribution >= 4 is 27.9 Å². The molecular formula is C12H12BrNO3. The van der Waals surface area contributed by atoms with Crippen LogP contribution in [0.4, 0.5) is 4.79 Å². The maximum Gasteiger partial charge on any atom is 0.417 e. The lowest BCUT2D eigenvalue weighted by atomic mass is 10.1. The van der Waals surface area contributed by atoms with Crippen LogP contribution in [0, 0.1) is 0 Å². The van der Waals surface area contributed by atoms with Gasteiger partial charge in [-0.2, -0.15) is 0 Å². The second kappa shape index (κ2) is 4.87. The molecule has 0 N–H and O–H groups in total. The summed E-state index contributed by atoms with van der Waals surface area (Å²) in [6, 6.07) is 9.07. The van der Waals surface area contributed by atoms with Crippen molar-refractivity contribution in [3.63, 3.8) is 0 Å². The number of hydrogen-bond donors (Lipinski definition) is 0. The molecule has 0 bridgehead atoms. The highest BCUT2D eigenvalue weighted by atomic mass is 79.9. The molecule has 1 aromatic rings. The van der Waals surface area contributed by atoms with E-state index < -0.39 is 10.9 Å². The Hall–Kier alpha value is -1.36.